The highest BCUT2D eigenvalue weighted by Crippen LogP contribution is 2.28. The summed E-state index contributed by atoms with van der Waals surface area (Å²) in [5.74, 6) is -0.976. The van der Waals surface area contributed by atoms with Gasteiger partial charge < -0.3 is 15.4 Å². The Hall–Kier alpha value is -3.84. The molecule has 0 spiro atoms. The fourth-order valence-corrected chi connectivity index (χ4v) is 3.90. The molecule has 0 aliphatic carbocycles. The lowest BCUT2D eigenvalue weighted by Gasteiger charge is -2.13. The van der Waals surface area contributed by atoms with Gasteiger partial charge in [0.15, 0.2) is 5.57 Å². The van der Waals surface area contributed by atoms with E-state index in [1.807, 2.05) is 0 Å². The first-order valence-electron chi connectivity index (χ1n) is 8.92. The molecule has 0 saturated carbocycles. The van der Waals surface area contributed by atoms with Gasteiger partial charge in [-0.15, -0.1) is 0 Å². The van der Waals surface area contributed by atoms with Crippen LogP contribution in [0.25, 0.3) is 0 Å². The van der Waals surface area contributed by atoms with E-state index < -0.39 is 16.0 Å². The summed E-state index contributed by atoms with van der Waals surface area (Å²) in [4.78, 5) is 23.2. The average Bonchev–Trinajstić information content (AvgIpc) is 3.09. The Balaban J connectivity index is 1.84. The third kappa shape index (κ3) is 4.59. The molecule has 0 saturated heterocycles. The summed E-state index contributed by atoms with van der Waals surface area (Å²) < 4.78 is 32.9. The zero-order valence-corrected chi connectivity index (χ0v) is 16.7. The summed E-state index contributed by atoms with van der Waals surface area (Å²) in [5, 5.41) is 14.5. The van der Waals surface area contributed by atoms with Crippen LogP contribution in [-0.4, -0.2) is 26.9 Å². The van der Waals surface area contributed by atoms with Crippen LogP contribution in [0.5, 0.6) is 0 Å². The molecule has 0 unspecified atom stereocenters. The smallest absolute Gasteiger partial charge is 0.350 e. The number of sulfonamides is 1. The van der Waals surface area contributed by atoms with E-state index in [1.165, 1.54) is 18.2 Å². The van der Waals surface area contributed by atoms with E-state index in [9.17, 15) is 18.0 Å². The number of para-hydroxylation sites is 2. The van der Waals surface area contributed by atoms with Gasteiger partial charge in [0.2, 0.25) is 5.91 Å². The van der Waals surface area contributed by atoms with Gasteiger partial charge in [-0.1, -0.05) is 12.1 Å². The first-order valence-corrected chi connectivity index (χ1v) is 10.4. The number of benzene rings is 2. The second-order valence-corrected chi connectivity index (χ2v) is 7.91. The molecule has 2 aromatic carbocycles. The van der Waals surface area contributed by atoms with Gasteiger partial charge >= 0.3 is 5.97 Å². The summed E-state index contributed by atoms with van der Waals surface area (Å²) >= 11 is 0. The van der Waals surface area contributed by atoms with E-state index in [0.29, 0.717) is 16.9 Å². The van der Waals surface area contributed by atoms with Crippen molar-refractivity contribution < 1.29 is 22.7 Å². The number of fused-ring (bicyclic) bond motifs is 1. The van der Waals surface area contributed by atoms with Crippen LogP contribution in [-0.2, 0) is 30.8 Å². The van der Waals surface area contributed by atoms with Gasteiger partial charge in [-0.05, 0) is 42.8 Å². The zero-order chi connectivity index (χ0) is 21.7. The van der Waals surface area contributed by atoms with E-state index in [0.717, 1.165) is 6.20 Å². The van der Waals surface area contributed by atoms with Crippen molar-refractivity contribution in [1.82, 2.24) is 0 Å². The molecule has 0 atom stereocenters. The quantitative estimate of drug-likeness (QED) is 0.351. The third-order valence-electron chi connectivity index (χ3n) is 4.17. The maximum absolute atomic E-state index is 12.8. The summed E-state index contributed by atoms with van der Waals surface area (Å²) in [6.45, 7) is 1.74. The second-order valence-electron chi connectivity index (χ2n) is 6.23. The predicted octanol–water partition coefficient (Wildman–Crippen LogP) is 2.36. The van der Waals surface area contributed by atoms with E-state index in [2.05, 4.69) is 15.4 Å². The fourth-order valence-electron chi connectivity index (χ4n) is 2.77. The number of nitrogens with zero attached hydrogens (tertiary/aromatic N) is 1. The number of ether oxygens (including phenoxy) is 1. The SMILES string of the molecule is CCOC(=O)/C(C#N)=C/Nc1ccccc1NS(=O)(=O)c1ccc2c(c1)CC(=O)N2. The number of nitrogens with one attached hydrogen (secondary N) is 3. The number of hydrogen-bond acceptors (Lipinski definition) is 7. The highest BCUT2D eigenvalue weighted by Gasteiger charge is 2.22. The Morgan fingerprint density at radius 3 is 2.70 bits per heavy atom. The lowest BCUT2D eigenvalue weighted by Crippen LogP contribution is -2.14. The lowest BCUT2D eigenvalue weighted by atomic mass is 10.2. The molecule has 154 valence electrons. The molecule has 10 heteroatoms. The number of amides is 1. The monoisotopic (exact) mass is 426 g/mol. The van der Waals surface area contributed by atoms with Crippen molar-refractivity contribution in [2.75, 3.05) is 22.0 Å². The number of esters is 1. The van der Waals surface area contributed by atoms with Crippen molar-refractivity contribution in [3.8, 4) is 6.07 Å². The first-order chi connectivity index (χ1) is 14.3. The molecule has 0 radical (unpaired) electrons. The van der Waals surface area contributed by atoms with Crippen molar-refractivity contribution in [1.29, 1.82) is 5.26 Å². The Labute approximate surface area is 173 Å². The molecule has 9 nitrogen and oxygen atoms in total. The minimum Gasteiger partial charge on any atom is -0.462 e. The van der Waals surface area contributed by atoms with E-state index >= 15 is 0 Å². The van der Waals surface area contributed by atoms with Crippen LogP contribution in [0.3, 0.4) is 0 Å². The first kappa shape index (κ1) is 20.9. The Kier molecular flexibility index (Phi) is 6.03. The molecule has 0 fully saturated rings. The Bertz CT molecular complexity index is 1180. The summed E-state index contributed by atoms with van der Waals surface area (Å²) in [7, 11) is -3.95. The van der Waals surface area contributed by atoms with Crippen LogP contribution in [0.15, 0.2) is 59.1 Å². The van der Waals surface area contributed by atoms with Crippen molar-refractivity contribution in [2.45, 2.75) is 18.2 Å². The maximum atomic E-state index is 12.8. The zero-order valence-electron chi connectivity index (χ0n) is 15.9. The number of carbonyl (C=O) groups excluding carboxylic acids is 2. The van der Waals surface area contributed by atoms with Crippen molar-refractivity contribution in [3.63, 3.8) is 0 Å². The minimum absolute atomic E-state index is 0.00679. The van der Waals surface area contributed by atoms with Gasteiger partial charge in [0.25, 0.3) is 10.0 Å². The molecule has 30 heavy (non-hydrogen) atoms. The van der Waals surface area contributed by atoms with Crippen LogP contribution < -0.4 is 15.4 Å². The standard InChI is InChI=1S/C20H18N4O5S/c1-2-29-20(26)14(11-21)12-22-17-5-3-4-6-18(17)24-30(27,28)15-7-8-16-13(9-15)10-19(25)23-16/h3-9,12,22,24H,2,10H2,1H3,(H,23,25)/b14-12+. The molecular formula is C20H18N4O5S. The normalized spacial score (nSPS) is 13.1. The molecular weight excluding hydrogens is 408 g/mol. The Morgan fingerprint density at radius 2 is 2.00 bits per heavy atom. The predicted molar refractivity (Wildman–Crippen MR) is 110 cm³/mol. The molecule has 0 bridgehead atoms. The van der Waals surface area contributed by atoms with Crippen LogP contribution in [0.2, 0.25) is 0 Å². The van der Waals surface area contributed by atoms with Crippen LogP contribution in [0, 0.1) is 11.3 Å². The topological polar surface area (TPSA) is 137 Å². The number of anilines is 3. The van der Waals surface area contributed by atoms with Gasteiger partial charge in [-0.25, -0.2) is 13.2 Å². The molecule has 0 aromatic heterocycles. The van der Waals surface area contributed by atoms with E-state index in [1.54, 1.807) is 37.3 Å². The maximum Gasteiger partial charge on any atom is 0.350 e. The number of carbonyl (C=O) groups is 2. The number of rotatable bonds is 7. The lowest BCUT2D eigenvalue weighted by molar-refractivity contribution is -0.138. The van der Waals surface area contributed by atoms with Crippen molar-refractivity contribution in [2.24, 2.45) is 0 Å². The second kappa shape index (κ2) is 8.67. The molecule has 1 amide bonds. The van der Waals surface area contributed by atoms with Crippen molar-refractivity contribution in [3.05, 3.63) is 59.8 Å². The fraction of sp³-hybridized carbons (Fsp3) is 0.150. The van der Waals surface area contributed by atoms with Gasteiger partial charge in [0.1, 0.15) is 6.07 Å². The van der Waals surface area contributed by atoms with E-state index in [4.69, 9.17) is 10.00 Å². The molecule has 1 aliphatic rings. The summed E-state index contributed by atoms with van der Waals surface area (Å²) in [5.41, 5.74) is 1.48. The highest BCUT2D eigenvalue weighted by atomic mass is 32.2. The van der Waals surface area contributed by atoms with Gasteiger partial charge in [-0.3, -0.25) is 9.52 Å². The van der Waals surface area contributed by atoms with Gasteiger partial charge in [-0.2, -0.15) is 5.26 Å². The highest BCUT2D eigenvalue weighted by molar-refractivity contribution is 7.92. The third-order valence-corrected chi connectivity index (χ3v) is 5.53. The molecule has 1 aliphatic heterocycles. The van der Waals surface area contributed by atoms with Crippen molar-refractivity contribution >= 4 is 39.0 Å². The Morgan fingerprint density at radius 1 is 1.27 bits per heavy atom. The van der Waals surface area contributed by atoms with Crippen LogP contribution in [0.4, 0.5) is 17.1 Å². The van der Waals surface area contributed by atoms with Crippen LogP contribution >= 0.6 is 0 Å². The van der Waals surface area contributed by atoms with Gasteiger partial charge in [0.05, 0.1) is 29.3 Å². The molecule has 3 N–H and O–H groups in total. The summed E-state index contributed by atoms with van der Waals surface area (Å²) in [6, 6.07) is 12.5. The largest absolute Gasteiger partial charge is 0.462 e. The van der Waals surface area contributed by atoms with Crippen LogP contribution in [0.1, 0.15) is 12.5 Å². The molecule has 3 rings (SSSR count). The average molecular weight is 426 g/mol. The van der Waals surface area contributed by atoms with E-state index in [-0.39, 0.29) is 35.1 Å². The minimum atomic E-state index is -3.95. The number of nitriles is 1. The summed E-state index contributed by atoms with van der Waals surface area (Å²) in [6.07, 6.45) is 1.27. The molecule has 2 aromatic rings. The number of hydrogen-bond donors (Lipinski definition) is 3. The molecule has 1 heterocycles. The van der Waals surface area contributed by atoms with Gasteiger partial charge in [0, 0.05) is 11.9 Å².